The van der Waals surface area contributed by atoms with Crippen LogP contribution in [0.5, 0.6) is 17.2 Å². The molecule has 1 aromatic heterocycles. The van der Waals surface area contributed by atoms with Crippen LogP contribution in [0.25, 0.3) is 11.0 Å². The average molecular weight is 400 g/mol. The molecule has 0 fully saturated rings. The Morgan fingerprint density at radius 2 is 1.63 bits per heavy atom. The molecule has 4 aromatic rings. The lowest BCUT2D eigenvalue weighted by Gasteiger charge is -2.09. The van der Waals surface area contributed by atoms with Gasteiger partial charge >= 0.3 is 0 Å². The molecule has 0 spiro atoms. The molecule has 152 valence electrons. The normalized spacial score (nSPS) is 10.9. The molecule has 0 saturated heterocycles. The molecule has 0 N–H and O–H groups in total. The minimum atomic E-state index is -0.203. The van der Waals surface area contributed by atoms with Gasteiger partial charge in [0.2, 0.25) is 11.2 Å². The van der Waals surface area contributed by atoms with E-state index in [-0.39, 0.29) is 11.2 Å². The van der Waals surface area contributed by atoms with E-state index in [4.69, 9.17) is 13.9 Å². The van der Waals surface area contributed by atoms with Gasteiger partial charge in [-0.05, 0) is 67.6 Å². The summed E-state index contributed by atoms with van der Waals surface area (Å²) in [5, 5.41) is 0.466. The molecular weight excluding hydrogens is 376 g/mol. The third kappa shape index (κ3) is 4.71. The fourth-order valence-corrected chi connectivity index (χ4v) is 3.48. The van der Waals surface area contributed by atoms with Crippen molar-refractivity contribution in [1.82, 2.24) is 0 Å². The fourth-order valence-electron chi connectivity index (χ4n) is 3.48. The number of fused-ring (bicyclic) bond motifs is 1. The molecule has 0 amide bonds. The van der Waals surface area contributed by atoms with Crippen LogP contribution >= 0.6 is 0 Å². The lowest BCUT2D eigenvalue weighted by Crippen LogP contribution is -2.05. The van der Waals surface area contributed by atoms with Crippen LogP contribution in [0.1, 0.15) is 23.1 Å². The zero-order valence-electron chi connectivity index (χ0n) is 17.2. The van der Waals surface area contributed by atoms with Gasteiger partial charge in [0.05, 0.1) is 12.0 Å². The first-order valence-electron chi connectivity index (χ1n) is 10.1. The number of hydrogen-bond acceptors (Lipinski definition) is 4. The SMILES string of the molecule is Cc1cc(C)cc(Oc2coc3cc(OCCCc4ccccc4)ccc3c2=O)c1. The molecule has 3 aromatic carbocycles. The first kappa shape index (κ1) is 19.8. The third-order valence-corrected chi connectivity index (χ3v) is 4.86. The van der Waals surface area contributed by atoms with Crippen molar-refractivity contribution in [1.29, 1.82) is 0 Å². The Labute approximate surface area is 175 Å². The van der Waals surface area contributed by atoms with Gasteiger partial charge in [0.15, 0.2) is 0 Å². The van der Waals surface area contributed by atoms with Gasteiger partial charge in [0.25, 0.3) is 0 Å². The summed E-state index contributed by atoms with van der Waals surface area (Å²) in [5.41, 5.74) is 3.72. The summed E-state index contributed by atoms with van der Waals surface area (Å²) in [6.45, 7) is 4.58. The van der Waals surface area contributed by atoms with E-state index >= 15 is 0 Å². The van der Waals surface area contributed by atoms with Gasteiger partial charge in [-0.3, -0.25) is 4.79 Å². The average Bonchev–Trinajstić information content (AvgIpc) is 2.73. The van der Waals surface area contributed by atoms with E-state index in [0.717, 1.165) is 24.0 Å². The Kier molecular flexibility index (Phi) is 5.84. The zero-order chi connectivity index (χ0) is 20.9. The van der Waals surface area contributed by atoms with Crippen LogP contribution in [0.15, 0.2) is 82.2 Å². The van der Waals surface area contributed by atoms with Crippen molar-refractivity contribution < 1.29 is 13.9 Å². The predicted octanol–water partition coefficient (Wildman–Crippen LogP) is 6.21. The Bertz CT molecular complexity index is 1190. The van der Waals surface area contributed by atoms with Crippen LogP contribution in [0, 0.1) is 13.8 Å². The smallest absolute Gasteiger partial charge is 0.235 e. The highest BCUT2D eigenvalue weighted by Crippen LogP contribution is 2.25. The lowest BCUT2D eigenvalue weighted by atomic mass is 10.1. The van der Waals surface area contributed by atoms with Crippen molar-refractivity contribution in [2.75, 3.05) is 6.61 Å². The molecule has 0 radical (unpaired) electrons. The molecule has 0 atom stereocenters. The van der Waals surface area contributed by atoms with Gasteiger partial charge in [-0.2, -0.15) is 0 Å². The maximum atomic E-state index is 12.8. The zero-order valence-corrected chi connectivity index (χ0v) is 17.2. The number of benzene rings is 3. The van der Waals surface area contributed by atoms with Crippen molar-refractivity contribution in [2.45, 2.75) is 26.7 Å². The van der Waals surface area contributed by atoms with Crippen molar-refractivity contribution in [3.8, 4) is 17.2 Å². The second-order valence-electron chi connectivity index (χ2n) is 7.45. The lowest BCUT2D eigenvalue weighted by molar-refractivity contribution is 0.311. The van der Waals surface area contributed by atoms with Crippen LogP contribution in [-0.4, -0.2) is 6.61 Å². The quantitative estimate of drug-likeness (QED) is 0.346. The van der Waals surface area contributed by atoms with Gasteiger partial charge in [-0.1, -0.05) is 36.4 Å². The topological polar surface area (TPSA) is 48.7 Å². The van der Waals surface area contributed by atoms with Gasteiger partial charge in [-0.25, -0.2) is 0 Å². The standard InChI is InChI=1S/C26H24O4/c1-18-13-19(2)15-22(14-18)30-25-17-29-24-16-21(10-11-23(24)26(25)27)28-12-6-9-20-7-4-3-5-8-20/h3-5,7-8,10-11,13-17H,6,9,12H2,1-2H3. The van der Waals surface area contributed by atoms with Crippen LogP contribution < -0.4 is 14.9 Å². The predicted molar refractivity (Wildman–Crippen MR) is 119 cm³/mol. The van der Waals surface area contributed by atoms with E-state index in [1.54, 1.807) is 18.2 Å². The van der Waals surface area contributed by atoms with Crippen LogP contribution in [-0.2, 0) is 6.42 Å². The number of rotatable bonds is 7. The molecule has 0 saturated carbocycles. The second kappa shape index (κ2) is 8.87. The summed E-state index contributed by atoms with van der Waals surface area (Å²) in [6, 6.07) is 21.4. The van der Waals surface area contributed by atoms with Gasteiger partial charge in [0.1, 0.15) is 23.3 Å². The maximum Gasteiger partial charge on any atom is 0.235 e. The molecular formula is C26H24O4. The first-order chi connectivity index (χ1) is 14.6. The summed E-state index contributed by atoms with van der Waals surface area (Å²) >= 11 is 0. The number of aryl methyl sites for hydroxylation is 3. The van der Waals surface area contributed by atoms with Crippen molar-refractivity contribution in [3.05, 3.63) is 99.9 Å². The van der Waals surface area contributed by atoms with Crippen LogP contribution in [0.3, 0.4) is 0 Å². The first-order valence-corrected chi connectivity index (χ1v) is 10.1. The molecule has 0 aliphatic heterocycles. The summed E-state index contributed by atoms with van der Waals surface area (Å²) in [4.78, 5) is 12.8. The summed E-state index contributed by atoms with van der Waals surface area (Å²) < 4.78 is 17.3. The maximum absolute atomic E-state index is 12.8. The van der Waals surface area contributed by atoms with Crippen molar-refractivity contribution in [3.63, 3.8) is 0 Å². The fraction of sp³-hybridized carbons (Fsp3) is 0.192. The van der Waals surface area contributed by atoms with Gasteiger partial charge in [-0.15, -0.1) is 0 Å². The van der Waals surface area contributed by atoms with Crippen molar-refractivity contribution in [2.24, 2.45) is 0 Å². The van der Waals surface area contributed by atoms with E-state index in [0.29, 0.717) is 29.1 Å². The molecule has 0 aliphatic rings. The van der Waals surface area contributed by atoms with E-state index in [1.807, 2.05) is 44.2 Å². The molecule has 0 bridgehead atoms. The molecule has 4 rings (SSSR count). The molecule has 4 heteroatoms. The summed E-state index contributed by atoms with van der Waals surface area (Å²) in [7, 11) is 0. The van der Waals surface area contributed by atoms with Crippen molar-refractivity contribution >= 4 is 11.0 Å². The Morgan fingerprint density at radius 3 is 2.40 bits per heavy atom. The van der Waals surface area contributed by atoms with Crippen LogP contribution in [0.4, 0.5) is 0 Å². The third-order valence-electron chi connectivity index (χ3n) is 4.86. The number of ether oxygens (including phenoxy) is 2. The Balaban J connectivity index is 1.45. The minimum absolute atomic E-state index is 0.170. The molecule has 1 heterocycles. The second-order valence-corrected chi connectivity index (χ2v) is 7.45. The molecule has 0 unspecified atom stereocenters. The largest absolute Gasteiger partial charge is 0.493 e. The highest BCUT2D eigenvalue weighted by Gasteiger charge is 2.11. The highest BCUT2D eigenvalue weighted by atomic mass is 16.5. The van der Waals surface area contributed by atoms with Crippen LogP contribution in [0.2, 0.25) is 0 Å². The Hall–Kier alpha value is -3.53. The number of hydrogen-bond donors (Lipinski definition) is 0. The van der Waals surface area contributed by atoms with E-state index in [1.165, 1.54) is 11.8 Å². The molecule has 0 aliphatic carbocycles. The molecule has 30 heavy (non-hydrogen) atoms. The monoisotopic (exact) mass is 400 g/mol. The minimum Gasteiger partial charge on any atom is -0.493 e. The highest BCUT2D eigenvalue weighted by molar-refractivity contribution is 5.79. The summed E-state index contributed by atoms with van der Waals surface area (Å²) in [6.07, 6.45) is 3.23. The van der Waals surface area contributed by atoms with Gasteiger partial charge in [0, 0.05) is 6.07 Å². The van der Waals surface area contributed by atoms with E-state index in [2.05, 4.69) is 18.2 Å². The molecule has 4 nitrogen and oxygen atoms in total. The van der Waals surface area contributed by atoms with Gasteiger partial charge < -0.3 is 13.9 Å². The van der Waals surface area contributed by atoms with E-state index < -0.39 is 0 Å². The van der Waals surface area contributed by atoms with E-state index in [9.17, 15) is 4.79 Å². The Morgan fingerprint density at radius 1 is 0.867 bits per heavy atom. The summed E-state index contributed by atoms with van der Waals surface area (Å²) in [5.74, 6) is 1.48.